The van der Waals surface area contributed by atoms with Crippen LogP contribution in [0.5, 0.6) is 0 Å². The van der Waals surface area contributed by atoms with Gasteiger partial charge in [0.2, 0.25) is 5.06 Å². The molecule has 2 aromatic carbocycles. The maximum absolute atomic E-state index is 12.7. The molecule has 1 atom stereocenters. The third-order valence-corrected chi connectivity index (χ3v) is 6.58. The Labute approximate surface area is 141 Å². The van der Waals surface area contributed by atoms with Gasteiger partial charge in [-0.15, -0.1) is 0 Å². The van der Waals surface area contributed by atoms with Crippen LogP contribution in [0.4, 0.5) is 5.69 Å². The van der Waals surface area contributed by atoms with Crippen molar-refractivity contribution in [1.82, 2.24) is 0 Å². The number of anilines is 1. The molecule has 0 N–H and O–H groups in total. The fraction of sp³-hybridized carbons (Fsp3) is 0.294. The maximum atomic E-state index is 12.7. The van der Waals surface area contributed by atoms with E-state index in [1.807, 2.05) is 43.0 Å². The number of benzene rings is 2. The summed E-state index contributed by atoms with van der Waals surface area (Å²) in [6.07, 6.45) is 0. The summed E-state index contributed by atoms with van der Waals surface area (Å²) in [7, 11) is -3.84. The zero-order valence-corrected chi connectivity index (χ0v) is 14.9. The lowest BCUT2D eigenvalue weighted by Gasteiger charge is -2.34. The second kappa shape index (κ2) is 5.85. The van der Waals surface area contributed by atoms with Crippen LogP contribution in [0.2, 0.25) is 0 Å². The lowest BCUT2D eigenvalue weighted by molar-refractivity contribution is 0.192. The molecule has 23 heavy (non-hydrogen) atoms. The Morgan fingerprint density at radius 1 is 1.13 bits per heavy atom. The summed E-state index contributed by atoms with van der Waals surface area (Å²) in [6.45, 7) is 6.36. The van der Waals surface area contributed by atoms with Gasteiger partial charge in [-0.05, 0) is 45.0 Å². The van der Waals surface area contributed by atoms with E-state index in [0.29, 0.717) is 6.54 Å². The molecule has 0 saturated heterocycles. The second-order valence-electron chi connectivity index (χ2n) is 5.56. The molecular formula is C17H19NO3S2. The standard InChI is InChI=1S/C17H19NO3S2/c1-4-18-15-7-5-6-8-16(15)22-17(18,3)21-23(19,20)14-11-9-13(2)10-12-14/h5-12H,4H2,1-3H3. The van der Waals surface area contributed by atoms with E-state index in [2.05, 4.69) is 0 Å². The van der Waals surface area contributed by atoms with Crippen molar-refractivity contribution in [3.05, 3.63) is 54.1 Å². The highest BCUT2D eigenvalue weighted by Crippen LogP contribution is 2.51. The quantitative estimate of drug-likeness (QED) is 0.781. The molecule has 0 spiro atoms. The van der Waals surface area contributed by atoms with E-state index >= 15 is 0 Å². The van der Waals surface area contributed by atoms with Crippen molar-refractivity contribution in [2.45, 2.75) is 35.6 Å². The van der Waals surface area contributed by atoms with E-state index in [9.17, 15) is 8.42 Å². The van der Waals surface area contributed by atoms with Crippen molar-refractivity contribution in [2.24, 2.45) is 0 Å². The monoisotopic (exact) mass is 349 g/mol. The van der Waals surface area contributed by atoms with Gasteiger partial charge in [-0.25, -0.2) is 4.18 Å². The largest absolute Gasteiger partial charge is 0.333 e. The molecule has 1 aliphatic heterocycles. The summed E-state index contributed by atoms with van der Waals surface area (Å²) >= 11 is 1.42. The van der Waals surface area contributed by atoms with Crippen molar-refractivity contribution >= 4 is 27.6 Å². The summed E-state index contributed by atoms with van der Waals surface area (Å²) in [5.74, 6) is 0. The van der Waals surface area contributed by atoms with Gasteiger partial charge in [-0.1, -0.05) is 41.6 Å². The Morgan fingerprint density at radius 2 is 1.78 bits per heavy atom. The molecule has 1 aliphatic rings. The van der Waals surface area contributed by atoms with Crippen LogP contribution in [0.25, 0.3) is 0 Å². The average molecular weight is 349 g/mol. The fourth-order valence-electron chi connectivity index (χ4n) is 2.72. The van der Waals surface area contributed by atoms with Crippen LogP contribution in [0.1, 0.15) is 19.4 Å². The molecule has 0 fully saturated rings. The first kappa shape index (κ1) is 16.4. The fourth-order valence-corrected chi connectivity index (χ4v) is 5.36. The van der Waals surface area contributed by atoms with Crippen molar-refractivity contribution in [2.75, 3.05) is 11.4 Å². The molecule has 0 amide bonds. The van der Waals surface area contributed by atoms with Gasteiger partial charge in [0.1, 0.15) is 0 Å². The average Bonchev–Trinajstić information content (AvgIpc) is 2.77. The lowest BCUT2D eigenvalue weighted by Crippen LogP contribution is -2.44. The van der Waals surface area contributed by atoms with Crippen molar-refractivity contribution in [3.63, 3.8) is 0 Å². The molecule has 0 saturated carbocycles. The smallest absolute Gasteiger partial charge is 0.299 e. The summed E-state index contributed by atoms with van der Waals surface area (Å²) in [6, 6.07) is 14.6. The van der Waals surface area contributed by atoms with Crippen LogP contribution in [0, 0.1) is 6.92 Å². The molecule has 0 radical (unpaired) electrons. The number of para-hydroxylation sites is 1. The molecule has 0 aliphatic carbocycles. The number of thioether (sulfide) groups is 1. The molecule has 1 unspecified atom stereocenters. The molecular weight excluding hydrogens is 330 g/mol. The van der Waals surface area contributed by atoms with Gasteiger partial charge in [0.25, 0.3) is 10.1 Å². The summed E-state index contributed by atoms with van der Waals surface area (Å²) in [4.78, 5) is 3.17. The van der Waals surface area contributed by atoms with E-state index in [1.54, 1.807) is 31.2 Å². The van der Waals surface area contributed by atoms with Crippen LogP contribution < -0.4 is 4.90 Å². The minimum atomic E-state index is -3.84. The van der Waals surface area contributed by atoms with Gasteiger partial charge < -0.3 is 4.90 Å². The number of rotatable bonds is 4. The summed E-state index contributed by atoms with van der Waals surface area (Å²) < 4.78 is 31.0. The molecule has 2 aromatic rings. The Morgan fingerprint density at radius 3 is 2.43 bits per heavy atom. The number of aryl methyl sites for hydroxylation is 1. The molecule has 122 valence electrons. The minimum absolute atomic E-state index is 0.178. The predicted octanol–water partition coefficient (Wildman–Crippen LogP) is 4.01. The SMILES string of the molecule is CCN1c2ccccc2SC1(C)OS(=O)(=O)c1ccc(C)cc1. The molecule has 4 nitrogen and oxygen atoms in total. The van der Waals surface area contributed by atoms with E-state index in [1.165, 1.54) is 11.8 Å². The van der Waals surface area contributed by atoms with Gasteiger partial charge >= 0.3 is 0 Å². The lowest BCUT2D eigenvalue weighted by atomic mass is 10.2. The highest BCUT2D eigenvalue weighted by molar-refractivity contribution is 8.01. The number of nitrogens with zero attached hydrogens (tertiary/aromatic N) is 1. The van der Waals surface area contributed by atoms with Crippen molar-refractivity contribution in [3.8, 4) is 0 Å². The summed E-state index contributed by atoms with van der Waals surface area (Å²) in [5.41, 5.74) is 2.01. The molecule has 0 bridgehead atoms. The Kier molecular flexibility index (Phi) is 4.16. The molecule has 1 heterocycles. The minimum Gasteiger partial charge on any atom is -0.333 e. The normalized spacial score (nSPS) is 20.6. The zero-order chi connectivity index (χ0) is 16.7. The van der Waals surface area contributed by atoms with Gasteiger partial charge in [-0.2, -0.15) is 8.42 Å². The van der Waals surface area contributed by atoms with Gasteiger partial charge in [0, 0.05) is 11.4 Å². The van der Waals surface area contributed by atoms with Gasteiger partial charge in [-0.3, -0.25) is 0 Å². The van der Waals surface area contributed by atoms with Gasteiger partial charge in [0.15, 0.2) is 0 Å². The highest BCUT2D eigenvalue weighted by Gasteiger charge is 2.45. The van der Waals surface area contributed by atoms with Crippen molar-refractivity contribution < 1.29 is 12.6 Å². The van der Waals surface area contributed by atoms with Crippen LogP contribution in [0.3, 0.4) is 0 Å². The predicted molar refractivity (Wildman–Crippen MR) is 93.2 cm³/mol. The van der Waals surface area contributed by atoms with Crippen LogP contribution in [-0.2, 0) is 14.3 Å². The first-order valence-corrected chi connectivity index (χ1v) is 9.66. The Balaban J connectivity index is 1.94. The zero-order valence-electron chi connectivity index (χ0n) is 13.3. The maximum Gasteiger partial charge on any atom is 0.299 e. The van der Waals surface area contributed by atoms with Crippen molar-refractivity contribution in [1.29, 1.82) is 0 Å². The highest BCUT2D eigenvalue weighted by atomic mass is 32.2. The molecule has 6 heteroatoms. The van der Waals surface area contributed by atoms with E-state index in [0.717, 1.165) is 16.1 Å². The van der Waals surface area contributed by atoms with Crippen LogP contribution in [-0.4, -0.2) is 20.0 Å². The molecule has 3 rings (SSSR count). The van der Waals surface area contributed by atoms with Gasteiger partial charge in [0.05, 0.1) is 10.6 Å². The van der Waals surface area contributed by atoms with Crippen LogP contribution >= 0.6 is 11.8 Å². The van der Waals surface area contributed by atoms with Crippen LogP contribution in [0.15, 0.2) is 58.3 Å². The Hall–Kier alpha value is -1.50. The first-order valence-electron chi connectivity index (χ1n) is 7.44. The summed E-state index contributed by atoms with van der Waals surface area (Å²) in [5, 5.41) is -0.984. The van der Waals surface area contributed by atoms with E-state index in [4.69, 9.17) is 4.18 Å². The topological polar surface area (TPSA) is 46.6 Å². The third-order valence-electron chi connectivity index (χ3n) is 3.84. The first-order chi connectivity index (χ1) is 10.9. The molecule has 0 aromatic heterocycles. The number of hydrogen-bond acceptors (Lipinski definition) is 5. The van der Waals surface area contributed by atoms with E-state index in [-0.39, 0.29) is 4.90 Å². The number of hydrogen-bond donors (Lipinski definition) is 0. The Bertz CT molecular complexity index is 818. The number of fused-ring (bicyclic) bond motifs is 1. The van der Waals surface area contributed by atoms with E-state index < -0.39 is 15.2 Å². The third kappa shape index (κ3) is 2.98. The second-order valence-corrected chi connectivity index (χ2v) is 8.51.